The molecule has 5 heteroatoms. The van der Waals surface area contributed by atoms with Crippen molar-refractivity contribution >= 4 is 0 Å². The van der Waals surface area contributed by atoms with E-state index >= 15 is 0 Å². The third-order valence-corrected chi connectivity index (χ3v) is 4.39. The van der Waals surface area contributed by atoms with E-state index in [-0.39, 0.29) is 5.41 Å². The van der Waals surface area contributed by atoms with Crippen LogP contribution in [0, 0.1) is 5.92 Å². The van der Waals surface area contributed by atoms with Crippen LogP contribution in [-0.4, -0.2) is 66.9 Å². The van der Waals surface area contributed by atoms with E-state index in [2.05, 4.69) is 53.9 Å². The van der Waals surface area contributed by atoms with E-state index in [0.29, 0.717) is 0 Å². The van der Waals surface area contributed by atoms with Gasteiger partial charge in [-0.25, -0.2) is 0 Å². The highest BCUT2D eigenvalue weighted by atomic mass is 16.5. The number of hydrogen-bond donors (Lipinski definition) is 1. The highest BCUT2D eigenvalue weighted by molar-refractivity contribution is 5.16. The number of aromatic nitrogens is 2. The van der Waals surface area contributed by atoms with Gasteiger partial charge in [0.2, 0.25) is 0 Å². The van der Waals surface area contributed by atoms with Gasteiger partial charge in [0.15, 0.2) is 0 Å². The second-order valence-corrected chi connectivity index (χ2v) is 7.67. The second kappa shape index (κ2) is 7.57. The van der Waals surface area contributed by atoms with Crippen LogP contribution in [0.3, 0.4) is 0 Å². The number of aromatic amines is 1. The number of likely N-dealkylation sites (tertiary alicyclic amines) is 1. The van der Waals surface area contributed by atoms with E-state index in [4.69, 9.17) is 4.74 Å². The molecule has 1 aliphatic heterocycles. The third kappa shape index (κ3) is 5.07. The fourth-order valence-electron chi connectivity index (χ4n) is 3.11. The van der Waals surface area contributed by atoms with Crippen molar-refractivity contribution in [3.8, 4) is 0 Å². The summed E-state index contributed by atoms with van der Waals surface area (Å²) >= 11 is 0. The Hall–Kier alpha value is -0.910. The zero-order chi connectivity index (χ0) is 16.2. The van der Waals surface area contributed by atoms with Crippen molar-refractivity contribution in [2.24, 2.45) is 5.92 Å². The predicted molar refractivity (Wildman–Crippen MR) is 90.0 cm³/mol. The number of nitrogens with zero attached hydrogens (tertiary/aromatic N) is 3. The Balaban J connectivity index is 1.76. The van der Waals surface area contributed by atoms with E-state index in [1.54, 1.807) is 7.11 Å². The third-order valence-electron chi connectivity index (χ3n) is 4.39. The Kier molecular flexibility index (Phi) is 6.01. The number of nitrogens with one attached hydrogen (secondary N) is 1. The summed E-state index contributed by atoms with van der Waals surface area (Å²) in [5.74, 6) is 0.770. The Labute approximate surface area is 135 Å². The topological polar surface area (TPSA) is 44.4 Å². The van der Waals surface area contributed by atoms with Crippen LogP contribution in [0.1, 0.15) is 38.6 Å². The monoisotopic (exact) mass is 308 g/mol. The summed E-state index contributed by atoms with van der Waals surface area (Å²) in [7, 11) is 3.98. The number of rotatable bonds is 7. The van der Waals surface area contributed by atoms with Crippen LogP contribution in [0.25, 0.3) is 0 Å². The van der Waals surface area contributed by atoms with Gasteiger partial charge in [0.05, 0.1) is 12.3 Å². The Morgan fingerprint density at radius 2 is 2.23 bits per heavy atom. The van der Waals surface area contributed by atoms with Crippen LogP contribution >= 0.6 is 0 Å². The van der Waals surface area contributed by atoms with E-state index in [1.807, 2.05) is 0 Å². The molecule has 1 fully saturated rings. The fourth-order valence-corrected chi connectivity index (χ4v) is 3.11. The average Bonchev–Trinajstić information content (AvgIpc) is 3.05. The van der Waals surface area contributed by atoms with Crippen LogP contribution in [0.2, 0.25) is 0 Å². The minimum Gasteiger partial charge on any atom is -0.383 e. The lowest BCUT2D eigenvalue weighted by molar-refractivity contribution is 0.157. The first-order chi connectivity index (χ1) is 10.4. The maximum atomic E-state index is 5.17. The van der Waals surface area contributed by atoms with Crippen LogP contribution in [0.4, 0.5) is 0 Å². The zero-order valence-electron chi connectivity index (χ0n) is 14.9. The van der Waals surface area contributed by atoms with E-state index in [0.717, 1.165) is 37.9 Å². The van der Waals surface area contributed by atoms with Crippen LogP contribution < -0.4 is 0 Å². The zero-order valence-corrected chi connectivity index (χ0v) is 14.9. The molecule has 0 aromatic carbocycles. The molecule has 0 bridgehead atoms. The van der Waals surface area contributed by atoms with Crippen LogP contribution in [-0.2, 0) is 16.7 Å². The van der Waals surface area contributed by atoms with E-state index in [9.17, 15) is 0 Å². The largest absolute Gasteiger partial charge is 0.383 e. The smallest absolute Gasteiger partial charge is 0.0678 e. The van der Waals surface area contributed by atoms with Gasteiger partial charge >= 0.3 is 0 Å². The van der Waals surface area contributed by atoms with Crippen molar-refractivity contribution in [2.75, 3.05) is 46.9 Å². The molecule has 0 aliphatic carbocycles. The molecule has 5 nitrogen and oxygen atoms in total. The molecule has 1 atom stereocenters. The van der Waals surface area contributed by atoms with Crippen LogP contribution in [0.5, 0.6) is 0 Å². The summed E-state index contributed by atoms with van der Waals surface area (Å²) < 4.78 is 5.17. The van der Waals surface area contributed by atoms with E-state index < -0.39 is 0 Å². The molecule has 22 heavy (non-hydrogen) atoms. The molecule has 0 spiro atoms. The van der Waals surface area contributed by atoms with Crippen molar-refractivity contribution in [2.45, 2.75) is 39.2 Å². The second-order valence-electron chi connectivity index (χ2n) is 7.67. The highest BCUT2D eigenvalue weighted by Crippen LogP contribution is 2.21. The number of methoxy groups -OCH3 is 1. The van der Waals surface area contributed by atoms with Gasteiger partial charge in [0.1, 0.15) is 0 Å². The lowest BCUT2D eigenvalue weighted by atomic mass is 9.92. The van der Waals surface area contributed by atoms with Gasteiger partial charge in [0.25, 0.3) is 0 Å². The van der Waals surface area contributed by atoms with E-state index in [1.165, 1.54) is 25.2 Å². The van der Waals surface area contributed by atoms with Gasteiger partial charge in [-0.2, -0.15) is 5.10 Å². The summed E-state index contributed by atoms with van der Waals surface area (Å²) in [6.07, 6.45) is 1.30. The van der Waals surface area contributed by atoms with Crippen molar-refractivity contribution in [3.63, 3.8) is 0 Å². The van der Waals surface area contributed by atoms with Gasteiger partial charge in [0, 0.05) is 44.4 Å². The van der Waals surface area contributed by atoms with Crippen LogP contribution in [0.15, 0.2) is 6.07 Å². The van der Waals surface area contributed by atoms with Crippen molar-refractivity contribution < 1.29 is 4.74 Å². The lowest BCUT2D eigenvalue weighted by Gasteiger charge is -2.21. The maximum Gasteiger partial charge on any atom is 0.0678 e. The SMILES string of the molecule is COCCN1CC[C@@H](CN(C)Cc2cc(C(C)(C)C)n[nH]2)C1. The highest BCUT2D eigenvalue weighted by Gasteiger charge is 2.23. The molecule has 2 heterocycles. The number of H-pyrrole nitrogens is 1. The lowest BCUT2D eigenvalue weighted by Crippen LogP contribution is -2.29. The van der Waals surface area contributed by atoms with Gasteiger partial charge in [-0.1, -0.05) is 20.8 Å². The molecule has 1 N–H and O–H groups in total. The van der Waals surface area contributed by atoms with Crippen molar-refractivity contribution in [3.05, 3.63) is 17.5 Å². The van der Waals surface area contributed by atoms with Crippen molar-refractivity contribution in [1.29, 1.82) is 0 Å². The summed E-state index contributed by atoms with van der Waals surface area (Å²) in [6, 6.07) is 2.20. The Morgan fingerprint density at radius 3 is 2.86 bits per heavy atom. The number of ether oxygens (including phenoxy) is 1. The summed E-state index contributed by atoms with van der Waals surface area (Å²) in [6.45, 7) is 13.0. The predicted octanol–water partition coefficient (Wildman–Crippen LogP) is 2.11. The molecule has 0 radical (unpaired) electrons. The standard InChI is InChI=1S/C17H32N4O/c1-17(2,3)16-10-15(18-19-16)13-20(4)11-14-6-7-21(12-14)8-9-22-5/h10,14H,6-9,11-13H2,1-5H3,(H,18,19)/t14-/m0/s1. The Morgan fingerprint density at radius 1 is 1.45 bits per heavy atom. The Bertz CT molecular complexity index is 452. The maximum absolute atomic E-state index is 5.17. The quantitative estimate of drug-likeness (QED) is 0.838. The average molecular weight is 308 g/mol. The van der Waals surface area contributed by atoms with Crippen molar-refractivity contribution in [1.82, 2.24) is 20.0 Å². The first-order valence-corrected chi connectivity index (χ1v) is 8.33. The molecule has 0 amide bonds. The van der Waals surface area contributed by atoms with Gasteiger partial charge in [-0.15, -0.1) is 0 Å². The first-order valence-electron chi connectivity index (χ1n) is 8.33. The van der Waals surface area contributed by atoms with Gasteiger partial charge < -0.3 is 14.5 Å². The normalized spacial score (nSPS) is 20.2. The van der Waals surface area contributed by atoms with Gasteiger partial charge in [-0.05, 0) is 32.0 Å². The molecular formula is C17H32N4O. The summed E-state index contributed by atoms with van der Waals surface area (Å²) in [5.41, 5.74) is 2.46. The molecule has 1 aromatic rings. The van der Waals surface area contributed by atoms with Gasteiger partial charge in [-0.3, -0.25) is 5.10 Å². The molecule has 1 saturated heterocycles. The summed E-state index contributed by atoms with van der Waals surface area (Å²) in [4.78, 5) is 4.92. The molecule has 0 saturated carbocycles. The molecule has 2 rings (SSSR count). The molecule has 126 valence electrons. The molecule has 1 aliphatic rings. The molecule has 1 aromatic heterocycles. The molecule has 0 unspecified atom stereocenters. The molecular weight excluding hydrogens is 276 g/mol. The number of hydrogen-bond acceptors (Lipinski definition) is 4. The summed E-state index contributed by atoms with van der Waals surface area (Å²) in [5, 5.41) is 7.63. The minimum absolute atomic E-state index is 0.112. The first kappa shape index (κ1) is 17.4. The minimum atomic E-state index is 0.112. The fraction of sp³-hybridized carbons (Fsp3) is 0.824.